The maximum atomic E-state index is 10.5. The van der Waals surface area contributed by atoms with Crippen LogP contribution in [0.15, 0.2) is 12.1 Å². The van der Waals surface area contributed by atoms with Crippen molar-refractivity contribution in [1.82, 2.24) is 4.90 Å². The number of rotatable bonds is 3. The molecule has 5 heteroatoms. The summed E-state index contributed by atoms with van der Waals surface area (Å²) in [5.41, 5.74) is 2.25. The highest BCUT2D eigenvalue weighted by Crippen LogP contribution is 2.32. The molecule has 1 aromatic carbocycles. The lowest BCUT2D eigenvalue weighted by atomic mass is 9.99. The van der Waals surface area contributed by atoms with Gasteiger partial charge in [-0.1, -0.05) is 29.3 Å². The number of hydrogen-bond donors (Lipinski definition) is 1. The second-order valence-electron chi connectivity index (χ2n) is 4.17. The van der Waals surface area contributed by atoms with Crippen molar-refractivity contribution in [2.45, 2.75) is 19.4 Å². The molecule has 0 aromatic heterocycles. The van der Waals surface area contributed by atoms with E-state index in [-0.39, 0.29) is 6.42 Å². The molecular formula is C12H13Cl2NO2. The Bertz CT molecular complexity index is 448. The predicted molar refractivity (Wildman–Crippen MR) is 67.7 cm³/mol. The minimum absolute atomic E-state index is 0.177. The van der Waals surface area contributed by atoms with Crippen LogP contribution in [0, 0.1) is 0 Å². The number of benzene rings is 1. The highest BCUT2D eigenvalue weighted by atomic mass is 35.5. The summed E-state index contributed by atoms with van der Waals surface area (Å²) in [4.78, 5) is 12.6. The second kappa shape index (κ2) is 5.25. The highest BCUT2D eigenvalue weighted by Gasteiger charge is 2.19. The normalized spacial score (nSPS) is 15.6. The second-order valence-corrected chi connectivity index (χ2v) is 4.95. The van der Waals surface area contributed by atoms with E-state index in [1.165, 1.54) is 0 Å². The van der Waals surface area contributed by atoms with E-state index >= 15 is 0 Å². The quantitative estimate of drug-likeness (QED) is 0.921. The van der Waals surface area contributed by atoms with E-state index in [9.17, 15) is 4.79 Å². The molecule has 17 heavy (non-hydrogen) atoms. The van der Waals surface area contributed by atoms with Crippen LogP contribution < -0.4 is 0 Å². The molecule has 0 radical (unpaired) electrons. The SMILES string of the molecule is O=C(O)CCN1CCc2c(ccc(Cl)c2Cl)C1. The maximum Gasteiger partial charge on any atom is 0.304 e. The molecule has 1 heterocycles. The van der Waals surface area contributed by atoms with E-state index in [0.29, 0.717) is 16.6 Å². The molecule has 0 amide bonds. The van der Waals surface area contributed by atoms with E-state index in [1.54, 1.807) is 6.07 Å². The third-order valence-electron chi connectivity index (χ3n) is 3.01. The summed E-state index contributed by atoms with van der Waals surface area (Å²) in [7, 11) is 0. The third-order valence-corrected chi connectivity index (χ3v) is 3.85. The number of aliphatic carboxylic acids is 1. The molecule has 3 nitrogen and oxygen atoms in total. The Morgan fingerprint density at radius 2 is 2.18 bits per heavy atom. The van der Waals surface area contributed by atoms with Gasteiger partial charge in [0.1, 0.15) is 0 Å². The Morgan fingerprint density at radius 1 is 1.41 bits per heavy atom. The minimum atomic E-state index is -0.759. The van der Waals surface area contributed by atoms with Crippen molar-refractivity contribution >= 4 is 29.2 Å². The lowest BCUT2D eigenvalue weighted by Crippen LogP contribution is -2.32. The lowest BCUT2D eigenvalue weighted by molar-refractivity contribution is -0.137. The van der Waals surface area contributed by atoms with E-state index in [4.69, 9.17) is 28.3 Å². The Labute approximate surface area is 110 Å². The van der Waals surface area contributed by atoms with Crippen molar-refractivity contribution in [3.8, 4) is 0 Å². The first-order valence-electron chi connectivity index (χ1n) is 5.48. The summed E-state index contributed by atoms with van der Waals surface area (Å²) in [5.74, 6) is -0.759. The van der Waals surface area contributed by atoms with Gasteiger partial charge in [-0.2, -0.15) is 0 Å². The molecular weight excluding hydrogens is 261 g/mol. The predicted octanol–water partition coefficient (Wildman–Crippen LogP) is 2.83. The Morgan fingerprint density at radius 3 is 2.88 bits per heavy atom. The largest absolute Gasteiger partial charge is 0.481 e. The fraction of sp³-hybridized carbons (Fsp3) is 0.417. The van der Waals surface area contributed by atoms with Crippen molar-refractivity contribution in [1.29, 1.82) is 0 Å². The topological polar surface area (TPSA) is 40.5 Å². The van der Waals surface area contributed by atoms with Gasteiger partial charge in [-0.3, -0.25) is 9.69 Å². The molecule has 0 unspecified atom stereocenters. The molecule has 92 valence electrons. The van der Waals surface area contributed by atoms with Gasteiger partial charge in [0.15, 0.2) is 0 Å². The molecule has 1 aliphatic rings. The van der Waals surface area contributed by atoms with Gasteiger partial charge < -0.3 is 5.11 Å². The zero-order valence-corrected chi connectivity index (χ0v) is 10.8. The number of hydrogen-bond acceptors (Lipinski definition) is 2. The van der Waals surface area contributed by atoms with Gasteiger partial charge in [0.2, 0.25) is 0 Å². The smallest absolute Gasteiger partial charge is 0.304 e. The molecule has 0 saturated heterocycles. The molecule has 0 saturated carbocycles. The van der Waals surface area contributed by atoms with Crippen molar-refractivity contribution < 1.29 is 9.90 Å². The first-order chi connectivity index (χ1) is 8.08. The molecule has 0 aliphatic carbocycles. The summed E-state index contributed by atoms with van der Waals surface area (Å²) in [5, 5.41) is 9.88. The van der Waals surface area contributed by atoms with Crippen molar-refractivity contribution in [2.75, 3.05) is 13.1 Å². The number of halogens is 2. The number of fused-ring (bicyclic) bond motifs is 1. The lowest BCUT2D eigenvalue weighted by Gasteiger charge is -2.29. The van der Waals surface area contributed by atoms with E-state index in [0.717, 1.165) is 30.6 Å². The molecule has 1 N–H and O–H groups in total. The first-order valence-corrected chi connectivity index (χ1v) is 6.23. The summed E-state index contributed by atoms with van der Waals surface area (Å²) in [6.07, 6.45) is 1.00. The standard InChI is InChI=1S/C12H13Cl2NO2/c13-10-2-1-8-7-15(6-4-11(16)17)5-3-9(8)12(10)14/h1-2H,3-7H2,(H,16,17). The van der Waals surface area contributed by atoms with Gasteiger partial charge in [-0.15, -0.1) is 0 Å². The molecule has 0 atom stereocenters. The Kier molecular flexibility index (Phi) is 3.92. The average molecular weight is 274 g/mol. The van der Waals surface area contributed by atoms with Gasteiger partial charge >= 0.3 is 5.97 Å². The summed E-state index contributed by atoms with van der Waals surface area (Å²) >= 11 is 12.1. The van der Waals surface area contributed by atoms with Crippen LogP contribution in [-0.4, -0.2) is 29.1 Å². The van der Waals surface area contributed by atoms with Crippen LogP contribution in [0.2, 0.25) is 10.0 Å². The monoisotopic (exact) mass is 273 g/mol. The van der Waals surface area contributed by atoms with Crippen molar-refractivity contribution in [3.63, 3.8) is 0 Å². The van der Waals surface area contributed by atoms with Gasteiger partial charge in [0.05, 0.1) is 16.5 Å². The molecule has 0 bridgehead atoms. The van der Waals surface area contributed by atoms with Gasteiger partial charge in [0, 0.05) is 19.6 Å². The first kappa shape index (κ1) is 12.7. The van der Waals surface area contributed by atoms with E-state index in [2.05, 4.69) is 4.90 Å². The molecule has 1 aliphatic heterocycles. The zero-order chi connectivity index (χ0) is 12.4. The molecule has 0 fully saturated rings. The highest BCUT2D eigenvalue weighted by molar-refractivity contribution is 6.42. The Hall–Kier alpha value is -0.770. The fourth-order valence-corrected chi connectivity index (χ4v) is 2.54. The number of carboxylic acid groups (broad SMARTS) is 1. The van der Waals surface area contributed by atoms with Crippen LogP contribution in [0.5, 0.6) is 0 Å². The van der Waals surface area contributed by atoms with Crippen LogP contribution in [0.3, 0.4) is 0 Å². The third kappa shape index (κ3) is 2.92. The van der Waals surface area contributed by atoms with Crippen molar-refractivity contribution in [2.24, 2.45) is 0 Å². The summed E-state index contributed by atoms with van der Waals surface area (Å²) < 4.78 is 0. The Balaban J connectivity index is 2.09. The van der Waals surface area contributed by atoms with E-state index < -0.39 is 5.97 Å². The zero-order valence-electron chi connectivity index (χ0n) is 9.25. The van der Waals surface area contributed by atoms with Crippen LogP contribution >= 0.6 is 23.2 Å². The molecule has 0 spiro atoms. The van der Waals surface area contributed by atoms with Gasteiger partial charge in [0.25, 0.3) is 0 Å². The van der Waals surface area contributed by atoms with Crippen LogP contribution in [-0.2, 0) is 17.8 Å². The summed E-state index contributed by atoms with van der Waals surface area (Å²) in [6.45, 7) is 2.16. The number of carboxylic acids is 1. The summed E-state index contributed by atoms with van der Waals surface area (Å²) in [6, 6.07) is 3.76. The van der Waals surface area contributed by atoms with Gasteiger partial charge in [-0.05, 0) is 23.6 Å². The van der Waals surface area contributed by atoms with Crippen LogP contribution in [0.4, 0.5) is 0 Å². The molecule has 2 rings (SSSR count). The minimum Gasteiger partial charge on any atom is -0.481 e. The van der Waals surface area contributed by atoms with Crippen molar-refractivity contribution in [3.05, 3.63) is 33.3 Å². The maximum absolute atomic E-state index is 10.5. The average Bonchev–Trinajstić information content (AvgIpc) is 2.31. The van der Waals surface area contributed by atoms with Crippen LogP contribution in [0.1, 0.15) is 17.5 Å². The number of carbonyl (C=O) groups is 1. The van der Waals surface area contributed by atoms with Gasteiger partial charge in [-0.25, -0.2) is 0 Å². The number of nitrogens with zero attached hydrogens (tertiary/aromatic N) is 1. The fourth-order valence-electron chi connectivity index (χ4n) is 2.09. The van der Waals surface area contributed by atoms with E-state index in [1.807, 2.05) is 6.07 Å². The van der Waals surface area contributed by atoms with Crippen LogP contribution in [0.25, 0.3) is 0 Å². The molecule has 1 aromatic rings.